The standard InChI is InChI=1S/C8H12BrNO2/c1-6(9)5-10-8(11)7-3-2-4-12-7/h7H,1-5H2,(H,10,11)/t7-/m1/s1. The Kier molecular flexibility index (Phi) is 3.75. The van der Waals surface area contributed by atoms with Crippen molar-refractivity contribution in [1.29, 1.82) is 0 Å². The second-order valence-electron chi connectivity index (χ2n) is 2.74. The van der Waals surface area contributed by atoms with Gasteiger partial charge in [0.05, 0.1) is 0 Å². The fraction of sp³-hybridized carbons (Fsp3) is 0.625. The molecular formula is C8H12BrNO2. The number of rotatable bonds is 3. The molecule has 1 rings (SSSR count). The van der Waals surface area contributed by atoms with E-state index in [0.717, 1.165) is 17.3 Å². The molecule has 0 aromatic heterocycles. The quantitative estimate of drug-likeness (QED) is 0.796. The highest BCUT2D eigenvalue weighted by Gasteiger charge is 2.22. The summed E-state index contributed by atoms with van der Waals surface area (Å²) in [4.78, 5) is 11.3. The molecule has 1 aliphatic heterocycles. The molecule has 1 saturated heterocycles. The van der Waals surface area contributed by atoms with Crippen LogP contribution in [0.25, 0.3) is 0 Å². The summed E-state index contributed by atoms with van der Waals surface area (Å²) in [6.07, 6.45) is 1.57. The number of hydrogen-bond donors (Lipinski definition) is 1. The number of amides is 1. The van der Waals surface area contributed by atoms with Gasteiger partial charge in [-0.25, -0.2) is 0 Å². The van der Waals surface area contributed by atoms with E-state index in [1.807, 2.05) is 0 Å². The van der Waals surface area contributed by atoms with Gasteiger partial charge in [-0.3, -0.25) is 4.79 Å². The van der Waals surface area contributed by atoms with Crippen LogP contribution in [0.3, 0.4) is 0 Å². The Bertz CT molecular complexity index is 187. The predicted octanol–water partition coefficient (Wildman–Crippen LogP) is 1.19. The number of hydrogen-bond acceptors (Lipinski definition) is 2. The summed E-state index contributed by atoms with van der Waals surface area (Å²) in [5, 5.41) is 2.71. The first kappa shape index (κ1) is 9.74. The first-order chi connectivity index (χ1) is 5.70. The average Bonchev–Trinajstić information content (AvgIpc) is 2.51. The van der Waals surface area contributed by atoms with Gasteiger partial charge in [0.1, 0.15) is 6.10 Å². The average molecular weight is 234 g/mol. The first-order valence-corrected chi connectivity index (χ1v) is 4.72. The van der Waals surface area contributed by atoms with Crippen molar-refractivity contribution in [2.75, 3.05) is 13.2 Å². The summed E-state index contributed by atoms with van der Waals surface area (Å²) in [5.74, 6) is -0.0342. The molecule has 1 amide bonds. The summed E-state index contributed by atoms with van der Waals surface area (Å²) in [5.41, 5.74) is 0. The van der Waals surface area contributed by atoms with Gasteiger partial charge < -0.3 is 10.1 Å². The summed E-state index contributed by atoms with van der Waals surface area (Å²) < 4.78 is 5.96. The predicted molar refractivity (Wildman–Crippen MR) is 50.1 cm³/mol. The third-order valence-corrected chi connectivity index (χ3v) is 1.96. The van der Waals surface area contributed by atoms with Gasteiger partial charge in [-0.2, -0.15) is 0 Å². The molecule has 1 fully saturated rings. The summed E-state index contributed by atoms with van der Waals surface area (Å²) in [6.45, 7) is 4.79. The zero-order valence-electron chi connectivity index (χ0n) is 6.81. The van der Waals surface area contributed by atoms with E-state index < -0.39 is 0 Å². The topological polar surface area (TPSA) is 38.3 Å². The number of nitrogens with one attached hydrogen (secondary N) is 1. The maximum Gasteiger partial charge on any atom is 0.249 e. The van der Waals surface area contributed by atoms with Crippen molar-refractivity contribution < 1.29 is 9.53 Å². The van der Waals surface area contributed by atoms with Crippen LogP contribution in [0.15, 0.2) is 11.1 Å². The van der Waals surface area contributed by atoms with Gasteiger partial charge in [0.2, 0.25) is 5.91 Å². The molecule has 3 nitrogen and oxygen atoms in total. The summed E-state index contributed by atoms with van der Waals surface area (Å²) in [6, 6.07) is 0. The lowest BCUT2D eigenvalue weighted by Gasteiger charge is -2.09. The summed E-state index contributed by atoms with van der Waals surface area (Å²) >= 11 is 3.16. The molecular weight excluding hydrogens is 222 g/mol. The van der Waals surface area contributed by atoms with Gasteiger partial charge in [0, 0.05) is 17.6 Å². The minimum Gasteiger partial charge on any atom is -0.368 e. The van der Waals surface area contributed by atoms with E-state index in [1.165, 1.54) is 0 Å². The van der Waals surface area contributed by atoms with Gasteiger partial charge in [-0.15, -0.1) is 0 Å². The Labute approximate surface area is 80.3 Å². The van der Waals surface area contributed by atoms with Crippen molar-refractivity contribution in [3.05, 3.63) is 11.1 Å². The third-order valence-electron chi connectivity index (χ3n) is 1.68. The smallest absolute Gasteiger partial charge is 0.249 e. The first-order valence-electron chi connectivity index (χ1n) is 3.93. The van der Waals surface area contributed by atoms with Crippen LogP contribution in [0.1, 0.15) is 12.8 Å². The van der Waals surface area contributed by atoms with E-state index in [4.69, 9.17) is 4.74 Å². The molecule has 1 aliphatic rings. The molecule has 68 valence electrons. The molecule has 1 atom stereocenters. The highest BCUT2D eigenvalue weighted by molar-refractivity contribution is 9.11. The van der Waals surface area contributed by atoms with Crippen LogP contribution in [0.5, 0.6) is 0 Å². The SMILES string of the molecule is C=C(Br)CNC(=O)[C@H]1CCCO1. The van der Waals surface area contributed by atoms with Crippen LogP contribution in [0, 0.1) is 0 Å². The van der Waals surface area contributed by atoms with Crippen molar-refractivity contribution in [3.8, 4) is 0 Å². The number of ether oxygens (including phenoxy) is 1. The second kappa shape index (κ2) is 4.62. The van der Waals surface area contributed by atoms with Gasteiger partial charge in [0.15, 0.2) is 0 Å². The van der Waals surface area contributed by atoms with Crippen LogP contribution in [-0.4, -0.2) is 25.2 Å². The Hall–Kier alpha value is -0.350. The van der Waals surface area contributed by atoms with E-state index in [2.05, 4.69) is 27.8 Å². The zero-order valence-corrected chi connectivity index (χ0v) is 8.39. The van der Waals surface area contributed by atoms with Gasteiger partial charge in [-0.1, -0.05) is 22.5 Å². The van der Waals surface area contributed by atoms with Crippen molar-refractivity contribution in [1.82, 2.24) is 5.32 Å². The normalized spacial score (nSPS) is 22.2. The van der Waals surface area contributed by atoms with E-state index >= 15 is 0 Å². The molecule has 0 aromatic carbocycles. The van der Waals surface area contributed by atoms with Gasteiger partial charge in [0.25, 0.3) is 0 Å². The Morgan fingerprint density at radius 2 is 2.50 bits per heavy atom. The molecule has 0 radical (unpaired) electrons. The Morgan fingerprint density at radius 3 is 3.00 bits per heavy atom. The molecule has 0 spiro atoms. The van der Waals surface area contributed by atoms with E-state index in [1.54, 1.807) is 0 Å². The van der Waals surface area contributed by atoms with Crippen molar-refractivity contribution in [2.45, 2.75) is 18.9 Å². The molecule has 0 aliphatic carbocycles. The lowest BCUT2D eigenvalue weighted by molar-refractivity contribution is -0.129. The van der Waals surface area contributed by atoms with Crippen molar-refractivity contribution >= 4 is 21.8 Å². The fourth-order valence-corrected chi connectivity index (χ4v) is 1.22. The molecule has 0 saturated carbocycles. The number of halogens is 1. The minimum atomic E-state index is -0.239. The molecule has 0 aromatic rings. The van der Waals surface area contributed by atoms with Crippen LogP contribution >= 0.6 is 15.9 Å². The van der Waals surface area contributed by atoms with Crippen LogP contribution in [0.4, 0.5) is 0 Å². The molecule has 0 bridgehead atoms. The molecule has 4 heteroatoms. The molecule has 1 heterocycles. The summed E-state index contributed by atoms with van der Waals surface area (Å²) in [7, 11) is 0. The van der Waals surface area contributed by atoms with Gasteiger partial charge in [-0.05, 0) is 12.8 Å². The lowest BCUT2D eigenvalue weighted by atomic mass is 10.2. The van der Waals surface area contributed by atoms with E-state index in [0.29, 0.717) is 13.2 Å². The van der Waals surface area contributed by atoms with E-state index in [-0.39, 0.29) is 12.0 Å². The highest BCUT2D eigenvalue weighted by Crippen LogP contribution is 2.11. The number of carbonyl (C=O) groups excluding carboxylic acids is 1. The van der Waals surface area contributed by atoms with E-state index in [9.17, 15) is 4.79 Å². The lowest BCUT2D eigenvalue weighted by Crippen LogP contribution is -2.34. The van der Waals surface area contributed by atoms with Crippen LogP contribution in [-0.2, 0) is 9.53 Å². The second-order valence-corrected chi connectivity index (χ2v) is 3.86. The minimum absolute atomic E-state index is 0.0342. The van der Waals surface area contributed by atoms with Crippen molar-refractivity contribution in [3.63, 3.8) is 0 Å². The van der Waals surface area contributed by atoms with Crippen LogP contribution in [0.2, 0.25) is 0 Å². The van der Waals surface area contributed by atoms with Crippen LogP contribution < -0.4 is 5.32 Å². The molecule has 0 unspecified atom stereocenters. The largest absolute Gasteiger partial charge is 0.368 e. The zero-order chi connectivity index (χ0) is 8.97. The number of carbonyl (C=O) groups is 1. The Morgan fingerprint density at radius 1 is 1.75 bits per heavy atom. The monoisotopic (exact) mass is 233 g/mol. The maximum atomic E-state index is 11.3. The maximum absolute atomic E-state index is 11.3. The Balaban J connectivity index is 2.23. The highest BCUT2D eigenvalue weighted by atomic mass is 79.9. The fourth-order valence-electron chi connectivity index (χ4n) is 1.08. The van der Waals surface area contributed by atoms with Crippen molar-refractivity contribution in [2.24, 2.45) is 0 Å². The molecule has 12 heavy (non-hydrogen) atoms. The van der Waals surface area contributed by atoms with Gasteiger partial charge >= 0.3 is 0 Å². The molecule has 1 N–H and O–H groups in total. The third kappa shape index (κ3) is 2.95.